The maximum Gasteiger partial charge on any atom is 0.337 e. The summed E-state index contributed by atoms with van der Waals surface area (Å²) in [6.45, 7) is 1.86. The number of allylic oxidation sites excluding steroid dienone is 1. The second-order valence-corrected chi connectivity index (χ2v) is 7.44. The second-order valence-electron chi connectivity index (χ2n) is 7.44. The number of para-hydroxylation sites is 1. The molecule has 0 radical (unpaired) electrons. The van der Waals surface area contributed by atoms with E-state index >= 15 is 0 Å². The van der Waals surface area contributed by atoms with Gasteiger partial charge in [0, 0.05) is 17.5 Å². The highest BCUT2D eigenvalue weighted by molar-refractivity contribution is 6.08. The van der Waals surface area contributed by atoms with Gasteiger partial charge in [-0.1, -0.05) is 54.6 Å². The first-order valence-corrected chi connectivity index (χ1v) is 10.2. The summed E-state index contributed by atoms with van der Waals surface area (Å²) in [5, 5.41) is 17.7. The van der Waals surface area contributed by atoms with Crippen LogP contribution in [0.3, 0.4) is 0 Å². The van der Waals surface area contributed by atoms with Crippen molar-refractivity contribution < 1.29 is 14.7 Å². The number of benzene rings is 4. The molecule has 0 unspecified atom stereocenters. The first-order valence-electron chi connectivity index (χ1n) is 10.2. The number of nitrogens with one attached hydrogen (secondary N) is 2. The monoisotopic (exact) mass is 422 g/mol. The Morgan fingerprint density at radius 2 is 1.50 bits per heavy atom. The Hall–Kier alpha value is -4.38. The van der Waals surface area contributed by atoms with Crippen LogP contribution in [-0.2, 0) is 4.79 Å². The van der Waals surface area contributed by atoms with Gasteiger partial charge in [-0.2, -0.15) is 0 Å². The number of amides is 1. The molecule has 5 nitrogen and oxygen atoms in total. The minimum atomic E-state index is -1.11. The van der Waals surface area contributed by atoms with Crippen molar-refractivity contribution in [2.24, 2.45) is 0 Å². The lowest BCUT2D eigenvalue weighted by Gasteiger charge is -2.12. The molecule has 0 aliphatic rings. The quantitative estimate of drug-likeness (QED) is 0.318. The Kier molecular flexibility index (Phi) is 5.99. The van der Waals surface area contributed by atoms with E-state index in [1.807, 2.05) is 79.7 Å². The van der Waals surface area contributed by atoms with Gasteiger partial charge in [-0.25, -0.2) is 4.79 Å². The SMILES string of the molecule is C/C(=C/C(=O)Nc1cc(Nc2ccccc2)ccc1C(=O)O)c1ccc2ccccc2c1. The van der Waals surface area contributed by atoms with Crippen LogP contribution in [0.5, 0.6) is 0 Å². The molecule has 0 spiro atoms. The number of hydrogen-bond acceptors (Lipinski definition) is 3. The average Bonchev–Trinajstić information content (AvgIpc) is 2.79. The smallest absolute Gasteiger partial charge is 0.337 e. The molecular formula is C27H22N2O3. The van der Waals surface area contributed by atoms with Gasteiger partial charge in [0.25, 0.3) is 0 Å². The summed E-state index contributed by atoms with van der Waals surface area (Å²) in [5.41, 5.74) is 3.49. The van der Waals surface area contributed by atoms with Crippen LogP contribution in [0.4, 0.5) is 17.1 Å². The van der Waals surface area contributed by atoms with E-state index in [1.165, 1.54) is 12.1 Å². The van der Waals surface area contributed by atoms with Crippen molar-refractivity contribution in [2.45, 2.75) is 6.92 Å². The third-order valence-electron chi connectivity index (χ3n) is 5.12. The standard InChI is InChI=1S/C27H22N2O3/c1-18(20-12-11-19-7-5-6-8-21(19)16-20)15-26(30)29-25-17-23(13-14-24(25)27(31)32)28-22-9-3-2-4-10-22/h2-17,28H,1H3,(H,29,30)(H,31,32)/b18-15-. The van der Waals surface area contributed by atoms with Crippen molar-refractivity contribution in [2.75, 3.05) is 10.6 Å². The fourth-order valence-electron chi connectivity index (χ4n) is 3.48. The highest BCUT2D eigenvalue weighted by atomic mass is 16.4. The minimum absolute atomic E-state index is 0.0220. The van der Waals surface area contributed by atoms with E-state index in [0.717, 1.165) is 27.6 Å². The lowest BCUT2D eigenvalue weighted by Crippen LogP contribution is -2.13. The number of rotatable bonds is 6. The van der Waals surface area contributed by atoms with Crippen LogP contribution in [0, 0.1) is 0 Å². The van der Waals surface area contributed by atoms with Gasteiger partial charge in [0.2, 0.25) is 5.91 Å². The maximum atomic E-state index is 12.7. The summed E-state index contributed by atoms with van der Waals surface area (Å²) in [6.07, 6.45) is 1.48. The molecule has 158 valence electrons. The summed E-state index contributed by atoms with van der Waals surface area (Å²) < 4.78 is 0. The van der Waals surface area contributed by atoms with Crippen LogP contribution >= 0.6 is 0 Å². The van der Waals surface area contributed by atoms with Crippen LogP contribution in [-0.4, -0.2) is 17.0 Å². The number of carbonyl (C=O) groups is 2. The molecule has 0 fully saturated rings. The minimum Gasteiger partial charge on any atom is -0.478 e. The number of carbonyl (C=O) groups excluding carboxylic acids is 1. The van der Waals surface area contributed by atoms with Crippen LogP contribution in [0.25, 0.3) is 16.3 Å². The van der Waals surface area contributed by atoms with Crippen molar-refractivity contribution >= 4 is 45.3 Å². The van der Waals surface area contributed by atoms with E-state index in [4.69, 9.17) is 0 Å². The molecule has 0 aromatic heterocycles. The number of aromatic carboxylic acids is 1. The molecule has 0 saturated carbocycles. The zero-order valence-corrected chi connectivity index (χ0v) is 17.5. The van der Waals surface area contributed by atoms with E-state index < -0.39 is 11.9 Å². The summed E-state index contributed by atoms with van der Waals surface area (Å²) >= 11 is 0. The van der Waals surface area contributed by atoms with Crippen LogP contribution in [0.15, 0.2) is 97.1 Å². The first kappa shape index (κ1) is 20.9. The van der Waals surface area contributed by atoms with Crippen molar-refractivity contribution in [3.05, 3.63) is 108 Å². The highest BCUT2D eigenvalue weighted by Crippen LogP contribution is 2.25. The predicted octanol–water partition coefficient (Wildman–Crippen LogP) is 6.32. The largest absolute Gasteiger partial charge is 0.478 e. The molecule has 0 aliphatic carbocycles. The Balaban J connectivity index is 1.57. The molecule has 5 heteroatoms. The number of anilines is 3. The Labute approximate surface area is 186 Å². The van der Waals surface area contributed by atoms with E-state index in [-0.39, 0.29) is 11.3 Å². The molecule has 0 aliphatic heterocycles. The van der Waals surface area contributed by atoms with E-state index in [1.54, 1.807) is 12.1 Å². The second kappa shape index (κ2) is 9.18. The number of hydrogen-bond donors (Lipinski definition) is 3. The predicted molar refractivity (Wildman–Crippen MR) is 129 cm³/mol. The van der Waals surface area contributed by atoms with Crippen molar-refractivity contribution in [1.29, 1.82) is 0 Å². The topological polar surface area (TPSA) is 78.4 Å². The molecule has 3 N–H and O–H groups in total. The molecule has 4 aromatic rings. The zero-order chi connectivity index (χ0) is 22.5. The molecule has 4 rings (SSSR count). The first-order chi connectivity index (χ1) is 15.5. The molecule has 0 saturated heterocycles. The molecule has 1 amide bonds. The van der Waals surface area contributed by atoms with Crippen molar-refractivity contribution in [3.8, 4) is 0 Å². The summed E-state index contributed by atoms with van der Waals surface area (Å²) in [4.78, 5) is 24.4. The number of fused-ring (bicyclic) bond motifs is 1. The fraction of sp³-hybridized carbons (Fsp3) is 0.0370. The number of carboxylic acid groups (broad SMARTS) is 1. The maximum absolute atomic E-state index is 12.7. The molecule has 0 atom stereocenters. The van der Waals surface area contributed by atoms with Gasteiger partial charge in [0.1, 0.15) is 0 Å². The van der Waals surface area contributed by atoms with Gasteiger partial charge in [-0.15, -0.1) is 0 Å². The van der Waals surface area contributed by atoms with Crippen molar-refractivity contribution in [3.63, 3.8) is 0 Å². The van der Waals surface area contributed by atoms with Crippen LogP contribution < -0.4 is 10.6 Å². The zero-order valence-electron chi connectivity index (χ0n) is 17.5. The lowest BCUT2D eigenvalue weighted by atomic mass is 10.0. The third-order valence-corrected chi connectivity index (χ3v) is 5.12. The van der Waals surface area contributed by atoms with Gasteiger partial charge in [0.15, 0.2) is 0 Å². The van der Waals surface area contributed by atoms with Gasteiger partial charge >= 0.3 is 5.97 Å². The van der Waals surface area contributed by atoms with Crippen LogP contribution in [0.2, 0.25) is 0 Å². The molecule has 0 bridgehead atoms. The highest BCUT2D eigenvalue weighted by Gasteiger charge is 2.13. The molecule has 32 heavy (non-hydrogen) atoms. The molecule has 4 aromatic carbocycles. The third kappa shape index (κ3) is 4.84. The lowest BCUT2D eigenvalue weighted by molar-refractivity contribution is -0.111. The summed E-state index contributed by atoms with van der Waals surface area (Å²) in [6, 6.07) is 28.3. The Morgan fingerprint density at radius 1 is 0.781 bits per heavy atom. The normalized spacial score (nSPS) is 11.2. The van der Waals surface area contributed by atoms with Gasteiger partial charge in [0.05, 0.1) is 11.3 Å². The van der Waals surface area contributed by atoms with Gasteiger partial charge in [-0.3, -0.25) is 4.79 Å². The summed E-state index contributed by atoms with van der Waals surface area (Å²) in [5.74, 6) is -1.50. The molecule has 0 heterocycles. The average molecular weight is 422 g/mol. The Morgan fingerprint density at radius 3 is 2.25 bits per heavy atom. The number of carboxylic acids is 1. The van der Waals surface area contributed by atoms with Gasteiger partial charge < -0.3 is 15.7 Å². The van der Waals surface area contributed by atoms with E-state index in [2.05, 4.69) is 10.6 Å². The molecular weight excluding hydrogens is 400 g/mol. The van der Waals surface area contributed by atoms with Crippen molar-refractivity contribution in [1.82, 2.24) is 0 Å². The van der Waals surface area contributed by atoms with E-state index in [9.17, 15) is 14.7 Å². The fourth-order valence-corrected chi connectivity index (χ4v) is 3.48. The van der Waals surface area contributed by atoms with Gasteiger partial charge in [-0.05, 0) is 65.2 Å². The Bertz CT molecular complexity index is 1330. The van der Waals surface area contributed by atoms with Crippen LogP contribution in [0.1, 0.15) is 22.8 Å². The van der Waals surface area contributed by atoms with E-state index in [0.29, 0.717) is 5.69 Å². The summed E-state index contributed by atoms with van der Waals surface area (Å²) in [7, 11) is 0.